The van der Waals surface area contributed by atoms with Crippen molar-refractivity contribution in [3.05, 3.63) is 35.2 Å². The molecule has 1 heterocycles. The van der Waals surface area contributed by atoms with Crippen molar-refractivity contribution in [2.75, 3.05) is 5.32 Å². The van der Waals surface area contributed by atoms with Gasteiger partial charge in [-0.1, -0.05) is 17.8 Å². The molecule has 1 fully saturated rings. The van der Waals surface area contributed by atoms with E-state index in [-0.39, 0.29) is 23.5 Å². The third-order valence-electron chi connectivity index (χ3n) is 5.29. The second-order valence-corrected chi connectivity index (χ2v) is 8.88. The second kappa shape index (κ2) is 7.95. The molecule has 0 bridgehead atoms. The van der Waals surface area contributed by atoms with Gasteiger partial charge in [0.15, 0.2) is 5.16 Å². The lowest BCUT2D eigenvalue weighted by Crippen LogP contribution is -2.23. The Kier molecular flexibility index (Phi) is 5.39. The van der Waals surface area contributed by atoms with Crippen LogP contribution in [0.15, 0.2) is 23.4 Å². The van der Waals surface area contributed by atoms with Gasteiger partial charge in [0.05, 0.1) is 5.25 Å². The number of anilines is 1. The number of fused-ring (bicyclic) bond motifs is 1. The molecule has 0 radical (unpaired) electrons. The molecule has 0 saturated heterocycles. The topological polar surface area (TPSA) is 103 Å². The summed E-state index contributed by atoms with van der Waals surface area (Å²) in [5, 5.41) is 11.9. The van der Waals surface area contributed by atoms with E-state index in [1.807, 2.05) is 17.6 Å². The van der Waals surface area contributed by atoms with Crippen LogP contribution in [0, 0.1) is 0 Å². The summed E-state index contributed by atoms with van der Waals surface area (Å²) in [5.41, 5.74) is 8.87. The molecule has 2 amide bonds. The number of benzene rings is 1. The first-order valence-electron chi connectivity index (χ1n) is 9.82. The van der Waals surface area contributed by atoms with Crippen LogP contribution < -0.4 is 11.1 Å². The first-order valence-corrected chi connectivity index (χ1v) is 10.7. The number of amides is 2. The van der Waals surface area contributed by atoms with Crippen molar-refractivity contribution in [3.8, 4) is 0 Å². The Morgan fingerprint density at radius 1 is 1.29 bits per heavy atom. The third kappa shape index (κ3) is 4.22. The minimum Gasteiger partial charge on any atom is -0.370 e. The largest absolute Gasteiger partial charge is 0.370 e. The van der Waals surface area contributed by atoms with E-state index in [4.69, 9.17) is 5.73 Å². The van der Waals surface area contributed by atoms with E-state index in [9.17, 15) is 9.59 Å². The summed E-state index contributed by atoms with van der Waals surface area (Å²) in [5.74, 6) is 0.884. The Morgan fingerprint density at radius 2 is 2.07 bits per heavy atom. The molecule has 4 rings (SSSR count). The number of carbonyl (C=O) groups is 2. The van der Waals surface area contributed by atoms with Crippen LogP contribution >= 0.6 is 11.8 Å². The number of nitrogens with two attached hydrogens (primary N) is 1. The number of nitrogens with one attached hydrogen (secondary N) is 1. The maximum absolute atomic E-state index is 12.7. The molecule has 28 heavy (non-hydrogen) atoms. The van der Waals surface area contributed by atoms with Crippen molar-refractivity contribution in [2.24, 2.45) is 5.73 Å². The summed E-state index contributed by atoms with van der Waals surface area (Å²) >= 11 is 1.37. The zero-order chi connectivity index (χ0) is 19.7. The van der Waals surface area contributed by atoms with Gasteiger partial charge in [-0.25, -0.2) is 0 Å². The summed E-state index contributed by atoms with van der Waals surface area (Å²) in [6, 6.07) is 6.16. The first kappa shape index (κ1) is 19.0. The fourth-order valence-corrected chi connectivity index (χ4v) is 4.45. The molecule has 7 nitrogen and oxygen atoms in total. The zero-order valence-electron chi connectivity index (χ0n) is 16.0. The average molecular weight is 400 g/mol. The van der Waals surface area contributed by atoms with Crippen LogP contribution in [0.3, 0.4) is 0 Å². The predicted octanol–water partition coefficient (Wildman–Crippen LogP) is 2.64. The molecule has 3 N–H and O–H groups in total. The molecular formula is C20H25N5O2S. The van der Waals surface area contributed by atoms with Crippen molar-refractivity contribution in [3.63, 3.8) is 0 Å². The number of hydrogen-bond donors (Lipinski definition) is 2. The Bertz CT molecular complexity index is 906. The summed E-state index contributed by atoms with van der Waals surface area (Å²) in [7, 11) is 0. The normalized spacial score (nSPS) is 16.6. The second-order valence-electron chi connectivity index (χ2n) is 7.57. The maximum atomic E-state index is 12.7. The molecule has 2 aliphatic rings. The minimum atomic E-state index is -0.353. The molecule has 1 aromatic carbocycles. The Balaban J connectivity index is 1.43. The van der Waals surface area contributed by atoms with E-state index in [0.29, 0.717) is 17.6 Å². The summed E-state index contributed by atoms with van der Waals surface area (Å²) < 4.78 is 1.95. The molecule has 2 aliphatic carbocycles. The highest BCUT2D eigenvalue weighted by Gasteiger charge is 2.31. The van der Waals surface area contributed by atoms with Gasteiger partial charge in [0.1, 0.15) is 5.82 Å². The van der Waals surface area contributed by atoms with Gasteiger partial charge < -0.3 is 15.6 Å². The van der Waals surface area contributed by atoms with Gasteiger partial charge >= 0.3 is 0 Å². The lowest BCUT2D eigenvalue weighted by molar-refractivity contribution is -0.118. The van der Waals surface area contributed by atoms with E-state index in [1.165, 1.54) is 29.3 Å². The number of aryl methyl sites for hydroxylation is 2. The molecule has 1 aromatic heterocycles. The minimum absolute atomic E-state index is 0.0691. The van der Waals surface area contributed by atoms with Crippen LogP contribution in [0.5, 0.6) is 0 Å². The standard InChI is InChI=1S/C20H25N5O2S/c1-12(19(27)22-16-8-7-13-3-2-4-15(13)11-16)28-20-24-23-18(14-5-6-14)25(20)10-9-17(21)26/h7-8,11-12,14H,2-6,9-10H2,1H3,(H2,21,26)(H,22,27)/t12-/m1/s1. The SMILES string of the molecule is C[C@@H](Sc1nnc(C2CC2)n1CCC(N)=O)C(=O)Nc1ccc2c(c1)CCC2. The number of thioether (sulfide) groups is 1. The van der Waals surface area contributed by atoms with E-state index in [1.54, 1.807) is 0 Å². The van der Waals surface area contributed by atoms with Crippen LogP contribution in [0.2, 0.25) is 0 Å². The number of hydrogen-bond acceptors (Lipinski definition) is 5. The number of carbonyl (C=O) groups excluding carboxylic acids is 2. The van der Waals surface area contributed by atoms with Crippen LogP contribution in [-0.4, -0.2) is 31.8 Å². The molecule has 1 atom stereocenters. The quantitative estimate of drug-likeness (QED) is 0.664. The van der Waals surface area contributed by atoms with Gasteiger partial charge in [-0.05, 0) is 62.3 Å². The number of primary amides is 1. The summed E-state index contributed by atoms with van der Waals surface area (Å²) in [6.45, 7) is 2.31. The third-order valence-corrected chi connectivity index (χ3v) is 6.37. The lowest BCUT2D eigenvalue weighted by atomic mass is 10.1. The molecular weight excluding hydrogens is 374 g/mol. The number of rotatable bonds is 8. The molecule has 8 heteroatoms. The van der Waals surface area contributed by atoms with E-state index >= 15 is 0 Å². The van der Waals surface area contributed by atoms with Crippen molar-refractivity contribution in [2.45, 2.75) is 68.3 Å². The summed E-state index contributed by atoms with van der Waals surface area (Å²) in [6.07, 6.45) is 5.81. The first-order chi connectivity index (χ1) is 13.5. The highest BCUT2D eigenvalue weighted by atomic mass is 32.2. The van der Waals surface area contributed by atoms with Crippen LogP contribution in [-0.2, 0) is 29.0 Å². The number of aromatic nitrogens is 3. The molecule has 0 unspecified atom stereocenters. The molecule has 2 aromatic rings. The van der Waals surface area contributed by atoms with Gasteiger partial charge in [-0.2, -0.15) is 0 Å². The molecule has 148 valence electrons. The predicted molar refractivity (Wildman–Crippen MR) is 108 cm³/mol. The lowest BCUT2D eigenvalue weighted by Gasteiger charge is -2.14. The van der Waals surface area contributed by atoms with Crippen LogP contribution in [0.4, 0.5) is 5.69 Å². The van der Waals surface area contributed by atoms with Crippen molar-refractivity contribution >= 4 is 29.3 Å². The Hall–Kier alpha value is -2.35. The Labute approximate surface area is 168 Å². The number of nitrogens with zero attached hydrogens (tertiary/aromatic N) is 3. The van der Waals surface area contributed by atoms with Crippen molar-refractivity contribution < 1.29 is 9.59 Å². The molecule has 1 saturated carbocycles. The van der Waals surface area contributed by atoms with Crippen molar-refractivity contribution in [1.29, 1.82) is 0 Å². The van der Waals surface area contributed by atoms with Gasteiger partial charge in [-0.3, -0.25) is 9.59 Å². The fourth-order valence-electron chi connectivity index (χ4n) is 3.57. The van der Waals surface area contributed by atoms with Gasteiger partial charge in [0.2, 0.25) is 11.8 Å². The zero-order valence-corrected chi connectivity index (χ0v) is 16.8. The Morgan fingerprint density at radius 3 is 2.82 bits per heavy atom. The molecule has 0 aliphatic heterocycles. The smallest absolute Gasteiger partial charge is 0.237 e. The fraction of sp³-hybridized carbons (Fsp3) is 0.500. The highest BCUT2D eigenvalue weighted by Crippen LogP contribution is 2.40. The monoisotopic (exact) mass is 399 g/mol. The average Bonchev–Trinajstić information content (AvgIpc) is 3.26. The van der Waals surface area contributed by atoms with E-state index in [2.05, 4.69) is 27.6 Å². The van der Waals surface area contributed by atoms with Gasteiger partial charge in [0, 0.05) is 24.6 Å². The van der Waals surface area contributed by atoms with Crippen LogP contribution in [0.25, 0.3) is 0 Å². The molecule has 0 spiro atoms. The van der Waals surface area contributed by atoms with Gasteiger partial charge in [0.25, 0.3) is 0 Å². The summed E-state index contributed by atoms with van der Waals surface area (Å²) in [4.78, 5) is 23.9. The van der Waals surface area contributed by atoms with E-state index < -0.39 is 0 Å². The van der Waals surface area contributed by atoms with E-state index in [0.717, 1.165) is 37.2 Å². The van der Waals surface area contributed by atoms with Gasteiger partial charge in [-0.15, -0.1) is 10.2 Å². The van der Waals surface area contributed by atoms with Crippen molar-refractivity contribution in [1.82, 2.24) is 14.8 Å². The van der Waals surface area contributed by atoms with Crippen LogP contribution in [0.1, 0.15) is 55.5 Å². The maximum Gasteiger partial charge on any atom is 0.237 e. The highest BCUT2D eigenvalue weighted by molar-refractivity contribution is 8.00.